The molecule has 2 aromatic carbocycles. The zero-order chi connectivity index (χ0) is 20.4. The summed E-state index contributed by atoms with van der Waals surface area (Å²) in [5.41, 5.74) is 1.86. The van der Waals surface area contributed by atoms with Gasteiger partial charge in [0.25, 0.3) is 17.3 Å². The van der Waals surface area contributed by atoms with Crippen molar-refractivity contribution in [2.24, 2.45) is 0 Å². The lowest BCUT2D eigenvalue weighted by atomic mass is 10.1. The van der Waals surface area contributed by atoms with Gasteiger partial charge in [0.05, 0.1) is 15.4 Å². The van der Waals surface area contributed by atoms with Gasteiger partial charge in [-0.1, -0.05) is 0 Å². The van der Waals surface area contributed by atoms with Gasteiger partial charge < -0.3 is 0 Å². The second kappa shape index (κ2) is 7.27. The molecule has 0 aliphatic rings. The maximum Gasteiger partial charge on any atom is 0.416 e. The molecule has 0 spiro atoms. The molecular weight excluding hydrogens is 373 g/mol. The molecule has 0 heterocycles. The normalized spacial score (nSPS) is 11.0. The highest BCUT2D eigenvalue weighted by Crippen LogP contribution is 2.34. The van der Waals surface area contributed by atoms with Crippen LogP contribution in [0.3, 0.4) is 0 Å². The lowest BCUT2D eigenvalue weighted by Gasteiger charge is -2.11. The van der Waals surface area contributed by atoms with Crippen molar-refractivity contribution in [1.82, 2.24) is 5.43 Å². The molecule has 0 bridgehead atoms. The monoisotopic (exact) mass is 384 g/mol. The fourth-order valence-electron chi connectivity index (χ4n) is 2.16. The van der Waals surface area contributed by atoms with Gasteiger partial charge in [-0.2, -0.15) is 13.2 Å². The Morgan fingerprint density at radius 3 is 2.15 bits per heavy atom. The van der Waals surface area contributed by atoms with E-state index in [9.17, 15) is 38.2 Å². The first-order valence-electron chi connectivity index (χ1n) is 7.17. The highest BCUT2D eigenvalue weighted by Gasteiger charge is 2.33. The number of nitro groups is 2. The van der Waals surface area contributed by atoms with E-state index in [1.807, 2.05) is 0 Å². The Morgan fingerprint density at radius 1 is 1.00 bits per heavy atom. The summed E-state index contributed by atoms with van der Waals surface area (Å²) >= 11 is 0. The fourth-order valence-corrected chi connectivity index (χ4v) is 2.16. The van der Waals surface area contributed by atoms with E-state index >= 15 is 0 Å². The van der Waals surface area contributed by atoms with E-state index in [2.05, 4.69) is 10.9 Å². The van der Waals surface area contributed by atoms with Crippen molar-refractivity contribution >= 4 is 23.0 Å². The van der Waals surface area contributed by atoms with Crippen molar-refractivity contribution in [2.75, 3.05) is 5.43 Å². The minimum atomic E-state index is -4.76. The summed E-state index contributed by atoms with van der Waals surface area (Å²) in [4.78, 5) is 32.2. The van der Waals surface area contributed by atoms with Crippen LogP contribution in [-0.2, 0) is 6.18 Å². The number of carbonyl (C=O) groups is 1. The molecule has 142 valence electrons. The summed E-state index contributed by atoms with van der Waals surface area (Å²) < 4.78 is 38.0. The van der Waals surface area contributed by atoms with E-state index in [4.69, 9.17) is 0 Å². The molecule has 2 rings (SSSR count). The Balaban J connectivity index is 2.21. The number of hydrazine groups is 1. The third-order valence-corrected chi connectivity index (χ3v) is 3.49. The third-order valence-electron chi connectivity index (χ3n) is 3.49. The summed E-state index contributed by atoms with van der Waals surface area (Å²) in [6.45, 7) is 1.42. The second-order valence-corrected chi connectivity index (χ2v) is 5.32. The number of benzene rings is 2. The van der Waals surface area contributed by atoms with Crippen LogP contribution in [0.25, 0.3) is 0 Å². The van der Waals surface area contributed by atoms with Gasteiger partial charge in [0.2, 0.25) is 0 Å². The number of nitrogens with zero attached hydrogens (tertiary/aromatic N) is 2. The molecule has 0 aliphatic carbocycles. The lowest BCUT2D eigenvalue weighted by molar-refractivity contribution is -0.385. The van der Waals surface area contributed by atoms with Crippen molar-refractivity contribution in [1.29, 1.82) is 0 Å². The van der Waals surface area contributed by atoms with Gasteiger partial charge in [-0.3, -0.25) is 35.9 Å². The molecule has 0 aromatic heterocycles. The second-order valence-electron chi connectivity index (χ2n) is 5.32. The molecule has 0 saturated carbocycles. The van der Waals surface area contributed by atoms with Crippen LogP contribution in [0.1, 0.15) is 21.5 Å². The standard InChI is InChI=1S/C15H11F3N4O5/c1-8-6-9(2-5-12(8)21(24)25)14(23)20-19-11-4-3-10(15(16,17)18)7-13(11)22(26)27/h2-7,19H,1H3,(H,20,23). The minimum Gasteiger partial charge on any atom is -0.292 e. The van der Waals surface area contributed by atoms with Gasteiger partial charge >= 0.3 is 6.18 Å². The molecule has 1 amide bonds. The number of hydrogen-bond donors (Lipinski definition) is 2. The predicted molar refractivity (Wildman–Crippen MR) is 87.0 cm³/mol. The first-order chi connectivity index (χ1) is 12.5. The van der Waals surface area contributed by atoms with E-state index in [-0.39, 0.29) is 22.5 Å². The molecule has 2 aromatic rings. The van der Waals surface area contributed by atoms with Crippen LogP contribution in [0.2, 0.25) is 0 Å². The van der Waals surface area contributed by atoms with Crippen LogP contribution in [0, 0.1) is 27.2 Å². The summed E-state index contributed by atoms with van der Waals surface area (Å²) in [7, 11) is 0. The lowest BCUT2D eigenvalue weighted by Crippen LogP contribution is -2.29. The fraction of sp³-hybridized carbons (Fsp3) is 0.133. The first kappa shape index (κ1) is 19.6. The minimum absolute atomic E-state index is 0.0140. The van der Waals surface area contributed by atoms with Crippen molar-refractivity contribution in [2.45, 2.75) is 13.1 Å². The summed E-state index contributed by atoms with van der Waals surface area (Å²) in [5, 5.41) is 21.7. The largest absolute Gasteiger partial charge is 0.416 e. The van der Waals surface area contributed by atoms with E-state index in [1.165, 1.54) is 19.1 Å². The molecule has 27 heavy (non-hydrogen) atoms. The molecule has 0 aliphatic heterocycles. The van der Waals surface area contributed by atoms with Crippen LogP contribution in [0.5, 0.6) is 0 Å². The van der Waals surface area contributed by atoms with E-state index in [1.54, 1.807) is 0 Å². The average Bonchev–Trinajstić information content (AvgIpc) is 2.58. The van der Waals surface area contributed by atoms with Gasteiger partial charge in [0.15, 0.2) is 0 Å². The molecule has 9 nitrogen and oxygen atoms in total. The number of carbonyl (C=O) groups excluding carboxylic acids is 1. The van der Waals surface area contributed by atoms with E-state index in [0.29, 0.717) is 12.1 Å². The number of aryl methyl sites for hydroxylation is 1. The molecule has 0 fully saturated rings. The molecular formula is C15H11F3N4O5. The summed E-state index contributed by atoms with van der Waals surface area (Å²) in [5.74, 6) is -0.790. The number of halogens is 3. The van der Waals surface area contributed by atoms with Crippen molar-refractivity contribution in [3.05, 3.63) is 73.3 Å². The van der Waals surface area contributed by atoms with E-state index < -0.39 is 33.2 Å². The van der Waals surface area contributed by atoms with Crippen molar-refractivity contribution in [3.63, 3.8) is 0 Å². The maximum absolute atomic E-state index is 12.7. The van der Waals surface area contributed by atoms with Gasteiger partial charge in [-0.05, 0) is 31.2 Å². The maximum atomic E-state index is 12.7. The molecule has 0 atom stereocenters. The molecule has 2 N–H and O–H groups in total. The Labute approximate surface area is 149 Å². The van der Waals surface area contributed by atoms with Gasteiger partial charge in [0, 0.05) is 23.3 Å². The Kier molecular flexibility index (Phi) is 5.28. The summed E-state index contributed by atoms with van der Waals surface area (Å²) in [6.07, 6.45) is -4.76. The van der Waals surface area contributed by atoms with Gasteiger partial charge in [-0.25, -0.2) is 0 Å². The average molecular weight is 384 g/mol. The number of alkyl halides is 3. The molecule has 0 unspecified atom stereocenters. The van der Waals surface area contributed by atoms with Crippen LogP contribution >= 0.6 is 0 Å². The Bertz CT molecular complexity index is 930. The quantitative estimate of drug-likeness (QED) is 0.599. The number of rotatable bonds is 5. The highest BCUT2D eigenvalue weighted by atomic mass is 19.4. The third kappa shape index (κ3) is 4.48. The van der Waals surface area contributed by atoms with Crippen LogP contribution in [0.15, 0.2) is 36.4 Å². The number of hydrogen-bond acceptors (Lipinski definition) is 6. The Morgan fingerprint density at radius 2 is 1.63 bits per heavy atom. The molecule has 0 saturated heterocycles. The topological polar surface area (TPSA) is 127 Å². The molecule has 12 heteroatoms. The first-order valence-corrected chi connectivity index (χ1v) is 7.17. The highest BCUT2D eigenvalue weighted by molar-refractivity contribution is 5.95. The predicted octanol–water partition coefficient (Wildman–Crippen LogP) is 3.59. The Hall–Kier alpha value is -3.70. The summed E-state index contributed by atoms with van der Waals surface area (Å²) in [6, 6.07) is 5.29. The van der Waals surface area contributed by atoms with Crippen LogP contribution in [0.4, 0.5) is 30.2 Å². The smallest absolute Gasteiger partial charge is 0.292 e. The zero-order valence-corrected chi connectivity index (χ0v) is 13.5. The van der Waals surface area contributed by atoms with Crippen molar-refractivity contribution < 1.29 is 27.8 Å². The number of anilines is 1. The SMILES string of the molecule is Cc1cc(C(=O)NNc2ccc(C(F)(F)F)cc2[N+](=O)[O-])ccc1[N+](=O)[O-]. The zero-order valence-electron chi connectivity index (χ0n) is 13.5. The van der Waals surface area contributed by atoms with Crippen LogP contribution < -0.4 is 10.9 Å². The number of nitro benzene ring substituents is 2. The number of amides is 1. The van der Waals surface area contributed by atoms with Gasteiger partial charge in [0.1, 0.15) is 5.69 Å². The molecule has 0 radical (unpaired) electrons. The van der Waals surface area contributed by atoms with Crippen molar-refractivity contribution in [3.8, 4) is 0 Å². The number of nitrogens with one attached hydrogen (secondary N) is 2. The van der Waals surface area contributed by atoms with Gasteiger partial charge in [-0.15, -0.1) is 0 Å². The van der Waals surface area contributed by atoms with Crippen LogP contribution in [-0.4, -0.2) is 15.8 Å². The van der Waals surface area contributed by atoms with E-state index in [0.717, 1.165) is 12.1 Å².